The molecule has 0 radical (unpaired) electrons. The van der Waals surface area contributed by atoms with Gasteiger partial charge in [-0.2, -0.15) is 5.10 Å². The molecule has 0 unspecified atom stereocenters. The number of para-hydroxylation sites is 1. The van der Waals surface area contributed by atoms with Crippen LogP contribution in [0.2, 0.25) is 0 Å². The van der Waals surface area contributed by atoms with Crippen LogP contribution >= 0.6 is 0 Å². The number of anilines is 4. The van der Waals surface area contributed by atoms with Gasteiger partial charge in [0.05, 0.1) is 24.0 Å². The van der Waals surface area contributed by atoms with Crippen LogP contribution in [0, 0.1) is 5.92 Å². The number of carbonyl (C=O) groups is 3. The van der Waals surface area contributed by atoms with E-state index in [1.54, 1.807) is 41.3 Å². The van der Waals surface area contributed by atoms with Gasteiger partial charge in [-0.1, -0.05) is 6.07 Å². The Bertz CT molecular complexity index is 1600. The van der Waals surface area contributed by atoms with E-state index in [0.717, 1.165) is 24.9 Å². The van der Waals surface area contributed by atoms with Crippen LogP contribution in [0.1, 0.15) is 40.6 Å². The highest BCUT2D eigenvalue weighted by molar-refractivity contribution is 6.08. The van der Waals surface area contributed by atoms with Gasteiger partial charge < -0.3 is 26.0 Å². The van der Waals surface area contributed by atoms with Crippen molar-refractivity contribution >= 4 is 40.6 Å². The summed E-state index contributed by atoms with van der Waals surface area (Å²) in [6.07, 6.45) is 3.33. The van der Waals surface area contributed by atoms with E-state index in [1.807, 2.05) is 19.1 Å². The van der Waals surface area contributed by atoms with Crippen molar-refractivity contribution in [1.29, 1.82) is 0 Å². The lowest BCUT2D eigenvalue weighted by Crippen LogP contribution is -2.22. The summed E-state index contributed by atoms with van der Waals surface area (Å²) in [5, 5.41) is 23.6. The predicted molar refractivity (Wildman–Crippen MR) is 152 cm³/mol. The van der Waals surface area contributed by atoms with E-state index >= 15 is 0 Å². The maximum absolute atomic E-state index is 13.3. The molecule has 2 aromatic heterocycles. The largest absolute Gasteiger partial charge is 0.494 e. The summed E-state index contributed by atoms with van der Waals surface area (Å²) in [6.45, 7) is 2.71. The zero-order valence-electron chi connectivity index (χ0n) is 22.8. The number of hydrogen-bond acceptors (Lipinski definition) is 9. The van der Waals surface area contributed by atoms with Gasteiger partial charge in [0.25, 0.3) is 11.8 Å². The quantitative estimate of drug-likeness (QED) is 0.229. The molecular formula is C28H29N9O4. The number of benzene rings is 2. The first-order valence-corrected chi connectivity index (χ1v) is 13.1. The second kappa shape index (κ2) is 11.8. The second-order valence-electron chi connectivity index (χ2n) is 9.30. The van der Waals surface area contributed by atoms with Gasteiger partial charge in [-0.3, -0.25) is 19.1 Å². The van der Waals surface area contributed by atoms with Crippen LogP contribution in [-0.4, -0.2) is 56.8 Å². The zero-order chi connectivity index (χ0) is 28.9. The van der Waals surface area contributed by atoms with Crippen LogP contribution < -0.4 is 26.0 Å². The lowest BCUT2D eigenvalue weighted by atomic mass is 10.1. The Morgan fingerprint density at radius 2 is 1.78 bits per heavy atom. The second-order valence-corrected chi connectivity index (χ2v) is 9.30. The number of aryl methyl sites for hydroxylation is 1. The van der Waals surface area contributed by atoms with Crippen LogP contribution in [0.15, 0.2) is 54.9 Å². The Labute approximate surface area is 235 Å². The normalized spacial score (nSPS) is 12.4. The molecule has 2 heterocycles. The standard InChI is InChI=1S/C28H29N9O4/c1-4-37-15-30-25(36-37)16-10-12-18(13-11-16)31-27(39)19-6-5-7-20(24(19)41-3)32-21-14-22(33-26(38)17-8-9-17)34-35-23(21)28(40)29-2/h5-7,10-15,17H,4,8-9H2,1-3H3,(H,29,40)(H,31,39)(H2,32,33,34,38). The number of amides is 3. The van der Waals surface area contributed by atoms with Gasteiger partial charge in [-0.25, -0.2) is 4.98 Å². The lowest BCUT2D eigenvalue weighted by Gasteiger charge is -2.17. The molecule has 13 heteroatoms. The summed E-state index contributed by atoms with van der Waals surface area (Å²) in [4.78, 5) is 42.3. The average molecular weight is 556 g/mol. The number of nitrogens with one attached hydrogen (secondary N) is 4. The molecule has 5 rings (SSSR count). The summed E-state index contributed by atoms with van der Waals surface area (Å²) in [6, 6.07) is 13.7. The highest BCUT2D eigenvalue weighted by Crippen LogP contribution is 2.34. The van der Waals surface area contributed by atoms with E-state index in [9.17, 15) is 14.4 Å². The molecule has 1 aliphatic rings. The first kappa shape index (κ1) is 27.2. The first-order chi connectivity index (χ1) is 19.9. The third kappa shape index (κ3) is 6.13. The van der Waals surface area contributed by atoms with E-state index in [1.165, 1.54) is 20.2 Å². The van der Waals surface area contributed by atoms with Crippen molar-refractivity contribution in [3.05, 3.63) is 66.1 Å². The number of methoxy groups -OCH3 is 1. The third-order valence-electron chi connectivity index (χ3n) is 6.43. The molecule has 1 fully saturated rings. The van der Waals surface area contributed by atoms with Crippen molar-refractivity contribution in [2.75, 3.05) is 30.1 Å². The number of rotatable bonds is 10. The maximum Gasteiger partial charge on any atom is 0.273 e. The van der Waals surface area contributed by atoms with Crippen LogP contribution in [0.5, 0.6) is 5.75 Å². The van der Waals surface area contributed by atoms with Crippen LogP contribution in [-0.2, 0) is 11.3 Å². The van der Waals surface area contributed by atoms with E-state index in [2.05, 4.69) is 41.5 Å². The summed E-state index contributed by atoms with van der Waals surface area (Å²) in [5.41, 5.74) is 2.35. The first-order valence-electron chi connectivity index (χ1n) is 13.1. The minimum absolute atomic E-state index is 0.00665. The molecule has 0 spiro atoms. The maximum atomic E-state index is 13.3. The number of aromatic nitrogens is 5. The molecular weight excluding hydrogens is 526 g/mol. The zero-order valence-corrected chi connectivity index (χ0v) is 22.8. The minimum atomic E-state index is -0.479. The molecule has 1 saturated carbocycles. The van der Waals surface area contributed by atoms with Crippen LogP contribution in [0.3, 0.4) is 0 Å². The number of nitrogens with zero attached hydrogens (tertiary/aromatic N) is 5. The highest BCUT2D eigenvalue weighted by Gasteiger charge is 2.30. The van der Waals surface area contributed by atoms with Crippen molar-refractivity contribution < 1.29 is 19.1 Å². The summed E-state index contributed by atoms with van der Waals surface area (Å²) in [5.74, 6) is -0.00777. The van der Waals surface area contributed by atoms with Gasteiger partial charge >= 0.3 is 0 Å². The lowest BCUT2D eigenvalue weighted by molar-refractivity contribution is -0.117. The van der Waals surface area contributed by atoms with E-state index in [4.69, 9.17) is 4.74 Å². The Kier molecular flexibility index (Phi) is 7.85. The number of hydrogen-bond donors (Lipinski definition) is 4. The highest BCUT2D eigenvalue weighted by atomic mass is 16.5. The molecule has 4 aromatic rings. The third-order valence-corrected chi connectivity index (χ3v) is 6.43. The Morgan fingerprint density at radius 1 is 1.00 bits per heavy atom. The fourth-order valence-electron chi connectivity index (χ4n) is 4.07. The minimum Gasteiger partial charge on any atom is -0.494 e. The summed E-state index contributed by atoms with van der Waals surface area (Å²) < 4.78 is 7.35. The van der Waals surface area contributed by atoms with E-state index < -0.39 is 11.8 Å². The number of ether oxygens (including phenoxy) is 1. The molecule has 0 bridgehead atoms. The molecule has 4 N–H and O–H groups in total. The van der Waals surface area contributed by atoms with Crippen molar-refractivity contribution in [3.63, 3.8) is 0 Å². The molecule has 3 amide bonds. The van der Waals surface area contributed by atoms with Gasteiger partial charge in [0.2, 0.25) is 5.91 Å². The molecule has 1 aliphatic carbocycles. The number of carbonyl (C=O) groups excluding carboxylic acids is 3. The van der Waals surface area contributed by atoms with Gasteiger partial charge in [-0.15, -0.1) is 10.2 Å². The Hall–Kier alpha value is -5.33. The SMILES string of the molecule is CCn1cnc(-c2ccc(NC(=O)c3cccc(Nc4cc(NC(=O)C5CC5)nnc4C(=O)NC)c3OC)cc2)n1. The molecule has 210 valence electrons. The van der Waals surface area contributed by atoms with Crippen molar-refractivity contribution in [2.45, 2.75) is 26.3 Å². The Balaban J connectivity index is 1.37. The van der Waals surface area contributed by atoms with Gasteiger partial charge in [-0.05, 0) is 56.2 Å². The molecule has 2 aromatic carbocycles. The van der Waals surface area contributed by atoms with Crippen molar-refractivity contribution in [3.8, 4) is 17.1 Å². The topological polar surface area (TPSA) is 165 Å². The molecule has 0 saturated heterocycles. The van der Waals surface area contributed by atoms with Crippen LogP contribution in [0.4, 0.5) is 22.9 Å². The van der Waals surface area contributed by atoms with Gasteiger partial charge in [0.1, 0.15) is 6.33 Å². The van der Waals surface area contributed by atoms with Crippen molar-refractivity contribution in [2.24, 2.45) is 5.92 Å². The molecule has 41 heavy (non-hydrogen) atoms. The fourth-order valence-corrected chi connectivity index (χ4v) is 4.07. The average Bonchev–Trinajstić information content (AvgIpc) is 3.74. The monoisotopic (exact) mass is 555 g/mol. The Morgan fingerprint density at radius 3 is 2.44 bits per heavy atom. The molecule has 0 aliphatic heterocycles. The fraction of sp³-hybridized carbons (Fsp3) is 0.250. The van der Waals surface area contributed by atoms with Gasteiger partial charge in [0, 0.05) is 36.8 Å². The molecule has 0 atom stereocenters. The smallest absolute Gasteiger partial charge is 0.273 e. The van der Waals surface area contributed by atoms with E-state index in [-0.39, 0.29) is 40.3 Å². The van der Waals surface area contributed by atoms with Crippen LogP contribution in [0.25, 0.3) is 11.4 Å². The van der Waals surface area contributed by atoms with Gasteiger partial charge in [0.15, 0.2) is 23.1 Å². The van der Waals surface area contributed by atoms with Crippen molar-refractivity contribution in [1.82, 2.24) is 30.3 Å². The summed E-state index contributed by atoms with van der Waals surface area (Å²) in [7, 11) is 2.92. The molecule has 13 nitrogen and oxygen atoms in total. The summed E-state index contributed by atoms with van der Waals surface area (Å²) >= 11 is 0. The predicted octanol–water partition coefficient (Wildman–Crippen LogP) is 3.47. The van der Waals surface area contributed by atoms with E-state index in [0.29, 0.717) is 17.2 Å².